The first-order chi connectivity index (χ1) is 16.1. The topological polar surface area (TPSA) is 76.2 Å². The Morgan fingerprint density at radius 1 is 1.09 bits per heavy atom. The number of aromatic nitrogens is 3. The summed E-state index contributed by atoms with van der Waals surface area (Å²) in [5.41, 5.74) is 3.66. The molecule has 0 aliphatic carbocycles. The van der Waals surface area contributed by atoms with Crippen LogP contribution in [-0.4, -0.2) is 38.7 Å². The number of piperidine rings is 1. The molecule has 1 aliphatic heterocycles. The lowest BCUT2D eigenvalue weighted by atomic mass is 9.99. The molecule has 2 aromatic heterocycles. The van der Waals surface area contributed by atoms with E-state index < -0.39 is 0 Å². The zero-order valence-electron chi connectivity index (χ0n) is 19.1. The van der Waals surface area contributed by atoms with Gasteiger partial charge in [-0.3, -0.25) is 9.69 Å². The van der Waals surface area contributed by atoms with E-state index >= 15 is 0 Å². The first-order valence-electron chi connectivity index (χ1n) is 11.6. The van der Waals surface area contributed by atoms with Crippen molar-refractivity contribution in [3.63, 3.8) is 0 Å². The quantitative estimate of drug-likeness (QED) is 0.460. The van der Waals surface area contributed by atoms with Crippen molar-refractivity contribution < 1.29 is 9.21 Å². The number of amides is 1. The number of rotatable bonds is 6. The number of fused-ring (bicyclic) bond motifs is 1. The summed E-state index contributed by atoms with van der Waals surface area (Å²) in [4.78, 5) is 15.2. The predicted octanol–water partition coefficient (Wildman–Crippen LogP) is 4.87. The number of carbonyl (C=O) groups is 1. The highest BCUT2D eigenvalue weighted by Crippen LogP contribution is 2.30. The summed E-state index contributed by atoms with van der Waals surface area (Å²) in [5, 5.41) is 12.6. The molecule has 7 heteroatoms. The zero-order chi connectivity index (χ0) is 22.8. The van der Waals surface area contributed by atoms with E-state index in [1.165, 1.54) is 12.8 Å². The van der Waals surface area contributed by atoms with E-state index in [4.69, 9.17) is 4.42 Å². The molecule has 0 saturated carbocycles. The van der Waals surface area contributed by atoms with Crippen molar-refractivity contribution in [1.29, 1.82) is 0 Å². The summed E-state index contributed by atoms with van der Waals surface area (Å²) < 4.78 is 8.00. The summed E-state index contributed by atoms with van der Waals surface area (Å²) in [6, 6.07) is 15.8. The van der Waals surface area contributed by atoms with Crippen LogP contribution in [0.2, 0.25) is 0 Å². The Balaban J connectivity index is 1.36. The van der Waals surface area contributed by atoms with Gasteiger partial charge in [-0.15, -0.1) is 10.2 Å². The Morgan fingerprint density at radius 2 is 1.85 bits per heavy atom. The molecule has 4 aromatic rings. The van der Waals surface area contributed by atoms with E-state index in [2.05, 4.69) is 27.3 Å². The highest BCUT2D eigenvalue weighted by Gasteiger charge is 2.20. The summed E-state index contributed by atoms with van der Waals surface area (Å²) in [7, 11) is 0. The van der Waals surface area contributed by atoms with Crippen molar-refractivity contribution in [3.05, 3.63) is 66.2 Å². The number of hydrogen-bond acceptors (Lipinski definition) is 5. The van der Waals surface area contributed by atoms with Gasteiger partial charge < -0.3 is 14.3 Å². The van der Waals surface area contributed by atoms with E-state index in [0.29, 0.717) is 18.3 Å². The number of carbonyl (C=O) groups excluding carboxylic acids is 1. The van der Waals surface area contributed by atoms with Crippen LogP contribution in [0, 0.1) is 12.8 Å². The minimum absolute atomic E-state index is 0.0813. The number of para-hydroxylation sites is 2. The second-order valence-electron chi connectivity index (χ2n) is 9.01. The van der Waals surface area contributed by atoms with E-state index in [-0.39, 0.29) is 12.5 Å². The van der Waals surface area contributed by atoms with Gasteiger partial charge >= 0.3 is 0 Å². The molecule has 0 atom stereocenters. The maximum absolute atomic E-state index is 12.8. The average Bonchev–Trinajstić information content (AvgIpc) is 3.42. The van der Waals surface area contributed by atoms with E-state index in [9.17, 15) is 4.79 Å². The van der Waals surface area contributed by atoms with Crippen molar-refractivity contribution in [2.24, 2.45) is 5.92 Å². The summed E-state index contributed by atoms with van der Waals surface area (Å²) in [6.07, 6.45) is 4.35. The average molecular weight is 444 g/mol. The van der Waals surface area contributed by atoms with Crippen LogP contribution in [0.4, 0.5) is 5.69 Å². The van der Waals surface area contributed by atoms with E-state index in [0.717, 1.165) is 46.7 Å². The Morgan fingerprint density at radius 3 is 2.67 bits per heavy atom. The van der Waals surface area contributed by atoms with Crippen LogP contribution < -0.4 is 5.32 Å². The van der Waals surface area contributed by atoms with Crippen molar-refractivity contribution in [2.45, 2.75) is 39.8 Å². The first kappa shape index (κ1) is 21.4. The third-order valence-electron chi connectivity index (χ3n) is 6.45. The lowest BCUT2D eigenvalue weighted by molar-refractivity contribution is -0.116. The minimum Gasteiger partial charge on any atom is -0.419 e. The lowest BCUT2D eigenvalue weighted by Gasteiger charge is -2.28. The van der Waals surface area contributed by atoms with Gasteiger partial charge in [-0.05, 0) is 56.5 Å². The number of aryl methyl sites for hydroxylation is 1. The molecule has 1 saturated heterocycles. The standard InChI is InChI=1S/C26H29N5O2/c1-18-11-13-30(14-12-18)17-25-28-29-26(33-25)21-15-31(23-10-6-4-8-20(21)23)16-24(32)27-22-9-5-3-7-19(22)2/h3-10,15,18H,11-14,16-17H2,1-2H3,(H,27,32). The van der Waals surface area contributed by atoms with Gasteiger partial charge in [-0.1, -0.05) is 43.3 Å². The van der Waals surface area contributed by atoms with Crippen LogP contribution in [0.25, 0.3) is 22.4 Å². The molecular formula is C26H29N5O2. The molecule has 1 amide bonds. The first-order valence-corrected chi connectivity index (χ1v) is 11.6. The molecule has 1 aliphatic rings. The summed E-state index contributed by atoms with van der Waals surface area (Å²) in [5.74, 6) is 1.83. The number of benzene rings is 2. The summed E-state index contributed by atoms with van der Waals surface area (Å²) in [6.45, 7) is 7.29. The Bertz CT molecular complexity index is 1270. The van der Waals surface area contributed by atoms with Crippen molar-refractivity contribution in [1.82, 2.24) is 19.7 Å². The van der Waals surface area contributed by atoms with Crippen LogP contribution in [-0.2, 0) is 17.9 Å². The zero-order valence-corrected chi connectivity index (χ0v) is 19.1. The van der Waals surface area contributed by atoms with Crippen LogP contribution in [0.15, 0.2) is 59.1 Å². The third kappa shape index (κ3) is 4.68. The molecule has 1 N–H and O–H groups in total. The maximum atomic E-state index is 12.8. The molecule has 33 heavy (non-hydrogen) atoms. The predicted molar refractivity (Wildman–Crippen MR) is 129 cm³/mol. The molecule has 1 fully saturated rings. The molecule has 170 valence electrons. The van der Waals surface area contributed by atoms with Gasteiger partial charge in [-0.25, -0.2) is 0 Å². The van der Waals surface area contributed by atoms with Gasteiger partial charge in [0.15, 0.2) is 0 Å². The second kappa shape index (κ2) is 9.19. The van der Waals surface area contributed by atoms with Gasteiger partial charge in [0, 0.05) is 22.8 Å². The van der Waals surface area contributed by atoms with Crippen LogP contribution >= 0.6 is 0 Å². The van der Waals surface area contributed by atoms with E-state index in [1.807, 2.05) is 66.2 Å². The molecule has 5 rings (SSSR count). The number of nitrogens with one attached hydrogen (secondary N) is 1. The van der Waals surface area contributed by atoms with Crippen molar-refractivity contribution >= 4 is 22.5 Å². The lowest BCUT2D eigenvalue weighted by Crippen LogP contribution is -2.32. The largest absolute Gasteiger partial charge is 0.419 e. The Labute approximate surface area is 193 Å². The SMILES string of the molecule is Cc1ccccc1NC(=O)Cn1cc(-c2nnc(CN3CCC(C)CC3)o2)c2ccccc21. The van der Waals surface area contributed by atoms with Crippen LogP contribution in [0.3, 0.4) is 0 Å². The number of likely N-dealkylation sites (tertiary alicyclic amines) is 1. The van der Waals surface area contributed by atoms with Crippen molar-refractivity contribution in [3.8, 4) is 11.5 Å². The number of hydrogen-bond donors (Lipinski definition) is 1. The molecular weight excluding hydrogens is 414 g/mol. The van der Waals surface area contributed by atoms with Crippen molar-refractivity contribution in [2.75, 3.05) is 18.4 Å². The number of nitrogens with zero attached hydrogens (tertiary/aromatic N) is 4. The van der Waals surface area contributed by atoms with Gasteiger partial charge in [0.05, 0.1) is 12.1 Å². The van der Waals surface area contributed by atoms with Gasteiger partial charge in [0.1, 0.15) is 6.54 Å². The Hall–Kier alpha value is -3.45. The fourth-order valence-corrected chi connectivity index (χ4v) is 4.44. The molecule has 0 bridgehead atoms. The highest BCUT2D eigenvalue weighted by atomic mass is 16.4. The molecule has 0 unspecified atom stereocenters. The fraction of sp³-hybridized carbons (Fsp3) is 0.346. The van der Waals surface area contributed by atoms with E-state index in [1.54, 1.807) is 0 Å². The molecule has 0 radical (unpaired) electrons. The normalized spacial score (nSPS) is 15.2. The molecule has 2 aromatic carbocycles. The van der Waals surface area contributed by atoms with Gasteiger partial charge in [0.2, 0.25) is 17.7 Å². The third-order valence-corrected chi connectivity index (χ3v) is 6.45. The van der Waals surface area contributed by atoms with Gasteiger partial charge in [-0.2, -0.15) is 0 Å². The number of anilines is 1. The van der Waals surface area contributed by atoms with Crippen LogP contribution in [0.1, 0.15) is 31.2 Å². The highest BCUT2D eigenvalue weighted by molar-refractivity contribution is 5.96. The smallest absolute Gasteiger partial charge is 0.249 e. The Kier molecular flexibility index (Phi) is 5.96. The monoisotopic (exact) mass is 443 g/mol. The summed E-state index contributed by atoms with van der Waals surface area (Å²) >= 11 is 0. The fourth-order valence-electron chi connectivity index (χ4n) is 4.44. The molecule has 7 nitrogen and oxygen atoms in total. The molecule has 3 heterocycles. The maximum Gasteiger partial charge on any atom is 0.249 e. The van der Waals surface area contributed by atoms with Gasteiger partial charge in [0.25, 0.3) is 0 Å². The molecule has 0 spiro atoms. The minimum atomic E-state index is -0.0813. The second-order valence-corrected chi connectivity index (χ2v) is 9.01. The van der Waals surface area contributed by atoms with Crippen LogP contribution in [0.5, 0.6) is 0 Å².